The highest BCUT2D eigenvalue weighted by atomic mass is 79.9. The van der Waals surface area contributed by atoms with Crippen LogP contribution in [0.15, 0.2) is 48.5 Å². The first-order valence-electron chi connectivity index (χ1n) is 6.85. The number of benzene rings is 2. The lowest BCUT2D eigenvalue weighted by Crippen LogP contribution is -2.10. The number of alkyl halides is 1. The van der Waals surface area contributed by atoms with Crippen LogP contribution in [0.25, 0.3) is 0 Å². The fourth-order valence-corrected chi connectivity index (χ4v) is 2.85. The molecular formula is C18H21Br. The monoisotopic (exact) mass is 316 g/mol. The lowest BCUT2D eigenvalue weighted by atomic mass is 9.92. The van der Waals surface area contributed by atoms with Crippen LogP contribution in [0.4, 0.5) is 0 Å². The number of halogens is 1. The number of rotatable bonds is 5. The third-order valence-electron chi connectivity index (χ3n) is 3.63. The van der Waals surface area contributed by atoms with Crippen LogP contribution in [-0.4, -0.2) is 5.33 Å². The molecule has 2 aromatic rings. The fraction of sp³-hybridized carbons (Fsp3) is 0.333. The van der Waals surface area contributed by atoms with Crippen LogP contribution in [0.2, 0.25) is 0 Å². The number of hydrogen-bond donors (Lipinski definition) is 0. The minimum Gasteiger partial charge on any atom is -0.0925 e. The van der Waals surface area contributed by atoms with Crippen molar-refractivity contribution in [3.05, 3.63) is 70.8 Å². The molecule has 0 saturated carbocycles. The molecule has 0 aliphatic carbocycles. The van der Waals surface area contributed by atoms with Crippen LogP contribution < -0.4 is 0 Å². The van der Waals surface area contributed by atoms with Crippen molar-refractivity contribution in [3.8, 4) is 0 Å². The van der Waals surface area contributed by atoms with Crippen LogP contribution in [-0.2, 0) is 12.8 Å². The Balaban J connectivity index is 2.05. The van der Waals surface area contributed by atoms with E-state index in [-0.39, 0.29) is 0 Å². The molecule has 0 aliphatic rings. The van der Waals surface area contributed by atoms with E-state index in [0.29, 0.717) is 5.92 Å². The molecule has 2 rings (SSSR count). The molecule has 0 bridgehead atoms. The summed E-state index contributed by atoms with van der Waals surface area (Å²) in [4.78, 5) is 0. The second-order valence-electron chi connectivity index (χ2n) is 5.34. The molecule has 0 aliphatic heterocycles. The van der Waals surface area contributed by atoms with Crippen LogP contribution in [0, 0.1) is 19.8 Å². The van der Waals surface area contributed by atoms with Crippen molar-refractivity contribution in [1.82, 2.24) is 0 Å². The van der Waals surface area contributed by atoms with Crippen molar-refractivity contribution in [2.45, 2.75) is 26.7 Å². The maximum atomic E-state index is 3.67. The van der Waals surface area contributed by atoms with E-state index in [1.807, 2.05) is 0 Å². The van der Waals surface area contributed by atoms with E-state index >= 15 is 0 Å². The zero-order valence-corrected chi connectivity index (χ0v) is 13.3. The molecule has 0 radical (unpaired) electrons. The first-order valence-corrected chi connectivity index (χ1v) is 7.97. The zero-order chi connectivity index (χ0) is 13.7. The molecule has 0 aromatic heterocycles. The molecule has 0 saturated heterocycles. The van der Waals surface area contributed by atoms with Gasteiger partial charge >= 0.3 is 0 Å². The second-order valence-corrected chi connectivity index (χ2v) is 5.99. The third-order valence-corrected chi connectivity index (χ3v) is 4.55. The van der Waals surface area contributed by atoms with Gasteiger partial charge in [0, 0.05) is 5.33 Å². The van der Waals surface area contributed by atoms with Crippen molar-refractivity contribution in [2.24, 2.45) is 5.92 Å². The Morgan fingerprint density at radius 2 is 1.58 bits per heavy atom. The van der Waals surface area contributed by atoms with E-state index < -0.39 is 0 Å². The van der Waals surface area contributed by atoms with E-state index in [0.717, 1.165) is 18.2 Å². The molecular weight excluding hydrogens is 296 g/mol. The third kappa shape index (κ3) is 4.21. The maximum Gasteiger partial charge on any atom is 0.00660 e. The van der Waals surface area contributed by atoms with Crippen LogP contribution in [0.1, 0.15) is 22.3 Å². The van der Waals surface area contributed by atoms with E-state index in [1.165, 1.54) is 22.3 Å². The molecule has 0 amide bonds. The summed E-state index contributed by atoms with van der Waals surface area (Å²) in [6, 6.07) is 17.6. The lowest BCUT2D eigenvalue weighted by Gasteiger charge is -2.16. The van der Waals surface area contributed by atoms with Gasteiger partial charge in [0.25, 0.3) is 0 Å². The quantitative estimate of drug-likeness (QED) is 0.673. The average Bonchev–Trinajstić information content (AvgIpc) is 2.43. The van der Waals surface area contributed by atoms with Gasteiger partial charge in [0.1, 0.15) is 0 Å². The number of aryl methyl sites for hydroxylation is 2. The lowest BCUT2D eigenvalue weighted by molar-refractivity contribution is 0.589. The van der Waals surface area contributed by atoms with E-state index in [4.69, 9.17) is 0 Å². The predicted octanol–water partition coefficient (Wildman–Crippen LogP) is 5.10. The Morgan fingerprint density at radius 1 is 0.895 bits per heavy atom. The molecule has 1 atom stereocenters. The van der Waals surface area contributed by atoms with Crippen molar-refractivity contribution < 1.29 is 0 Å². The van der Waals surface area contributed by atoms with Gasteiger partial charge in [0.15, 0.2) is 0 Å². The molecule has 100 valence electrons. The Hall–Kier alpha value is -1.08. The van der Waals surface area contributed by atoms with Gasteiger partial charge in [-0.15, -0.1) is 0 Å². The summed E-state index contributed by atoms with van der Waals surface area (Å²) >= 11 is 3.67. The second kappa shape index (κ2) is 6.91. The topological polar surface area (TPSA) is 0 Å². The SMILES string of the molecule is Cc1ccc(CC(CBr)Cc2ccccc2C)cc1. The maximum absolute atomic E-state index is 3.67. The molecule has 0 fully saturated rings. The Labute approximate surface area is 125 Å². The van der Waals surface area contributed by atoms with Crippen molar-refractivity contribution in [2.75, 3.05) is 5.33 Å². The molecule has 2 aromatic carbocycles. The molecule has 1 unspecified atom stereocenters. The summed E-state index contributed by atoms with van der Waals surface area (Å²) in [6.07, 6.45) is 2.28. The Kier molecular flexibility index (Phi) is 5.21. The van der Waals surface area contributed by atoms with E-state index in [2.05, 4.69) is 78.3 Å². The number of hydrogen-bond acceptors (Lipinski definition) is 0. The molecule has 0 nitrogen and oxygen atoms in total. The Morgan fingerprint density at radius 3 is 2.21 bits per heavy atom. The summed E-state index contributed by atoms with van der Waals surface area (Å²) in [5.41, 5.74) is 5.64. The van der Waals surface area contributed by atoms with Gasteiger partial charge in [-0.25, -0.2) is 0 Å². The summed E-state index contributed by atoms with van der Waals surface area (Å²) in [6.45, 7) is 4.34. The fourth-order valence-electron chi connectivity index (χ4n) is 2.39. The highest BCUT2D eigenvalue weighted by Gasteiger charge is 2.10. The largest absolute Gasteiger partial charge is 0.0925 e. The summed E-state index contributed by atoms with van der Waals surface area (Å²) < 4.78 is 0. The highest BCUT2D eigenvalue weighted by Crippen LogP contribution is 2.19. The predicted molar refractivity (Wildman–Crippen MR) is 87.1 cm³/mol. The van der Waals surface area contributed by atoms with Gasteiger partial charge in [-0.05, 0) is 49.3 Å². The normalized spacial score (nSPS) is 12.4. The molecule has 0 heterocycles. The van der Waals surface area contributed by atoms with Crippen LogP contribution in [0.5, 0.6) is 0 Å². The first kappa shape index (κ1) is 14.3. The summed E-state index contributed by atoms with van der Waals surface area (Å²) in [5, 5.41) is 1.05. The van der Waals surface area contributed by atoms with Crippen molar-refractivity contribution in [1.29, 1.82) is 0 Å². The minimum absolute atomic E-state index is 0.656. The summed E-state index contributed by atoms with van der Waals surface area (Å²) in [5.74, 6) is 0.656. The zero-order valence-electron chi connectivity index (χ0n) is 11.7. The first-order chi connectivity index (χ1) is 9.19. The van der Waals surface area contributed by atoms with E-state index in [1.54, 1.807) is 0 Å². The van der Waals surface area contributed by atoms with Gasteiger partial charge < -0.3 is 0 Å². The van der Waals surface area contributed by atoms with Crippen LogP contribution in [0.3, 0.4) is 0 Å². The molecule has 0 N–H and O–H groups in total. The van der Waals surface area contributed by atoms with E-state index in [9.17, 15) is 0 Å². The van der Waals surface area contributed by atoms with Gasteiger partial charge in [-0.2, -0.15) is 0 Å². The van der Waals surface area contributed by atoms with Crippen molar-refractivity contribution >= 4 is 15.9 Å². The summed E-state index contributed by atoms with van der Waals surface area (Å²) in [7, 11) is 0. The molecule has 19 heavy (non-hydrogen) atoms. The van der Waals surface area contributed by atoms with Gasteiger partial charge in [0.2, 0.25) is 0 Å². The highest BCUT2D eigenvalue weighted by molar-refractivity contribution is 9.09. The van der Waals surface area contributed by atoms with Crippen LogP contribution >= 0.6 is 15.9 Å². The smallest absolute Gasteiger partial charge is 0.00660 e. The van der Waals surface area contributed by atoms with Gasteiger partial charge in [-0.1, -0.05) is 70.0 Å². The van der Waals surface area contributed by atoms with Gasteiger partial charge in [-0.3, -0.25) is 0 Å². The average molecular weight is 317 g/mol. The van der Waals surface area contributed by atoms with Gasteiger partial charge in [0.05, 0.1) is 0 Å². The minimum atomic E-state index is 0.656. The molecule has 1 heteroatoms. The standard InChI is InChI=1S/C18H21Br/c1-14-7-9-16(10-8-14)11-17(13-19)12-18-6-4-3-5-15(18)2/h3-10,17H,11-13H2,1-2H3. The van der Waals surface area contributed by atoms with Crippen molar-refractivity contribution in [3.63, 3.8) is 0 Å². The Bertz CT molecular complexity index is 513. The molecule has 0 spiro atoms.